The average Bonchev–Trinajstić information content (AvgIpc) is 2.98. The fourth-order valence-electron chi connectivity index (χ4n) is 2.79. The van der Waals surface area contributed by atoms with Gasteiger partial charge in [0.05, 0.1) is 30.0 Å². The Kier molecular flexibility index (Phi) is 4.93. The van der Waals surface area contributed by atoms with Gasteiger partial charge >= 0.3 is 0 Å². The van der Waals surface area contributed by atoms with Crippen LogP contribution in [0.4, 0.5) is 11.4 Å². The van der Waals surface area contributed by atoms with Crippen LogP contribution in [0.5, 0.6) is 11.5 Å². The number of nitro benzene ring substituents is 1. The number of carbonyl (C=O) groups is 1. The van der Waals surface area contributed by atoms with Crippen LogP contribution in [0.3, 0.4) is 0 Å². The number of nitro groups is 1. The lowest BCUT2D eigenvalue weighted by molar-refractivity contribution is -0.384. The van der Waals surface area contributed by atoms with Crippen molar-refractivity contribution in [3.63, 3.8) is 0 Å². The molecule has 0 radical (unpaired) electrons. The Morgan fingerprint density at radius 1 is 1.33 bits per heavy atom. The maximum atomic E-state index is 12.9. The molecule has 0 atom stereocenters. The number of nitrogens with zero attached hydrogens (tertiary/aromatic N) is 3. The molecular weight excluding hydrogens is 352 g/mol. The number of non-ortho nitro benzene ring substituents is 1. The zero-order valence-electron chi connectivity index (χ0n) is 15.1. The van der Waals surface area contributed by atoms with E-state index in [1.165, 1.54) is 25.3 Å². The van der Waals surface area contributed by atoms with E-state index in [2.05, 4.69) is 10.3 Å². The topological polar surface area (TPSA) is 108 Å². The van der Waals surface area contributed by atoms with Crippen molar-refractivity contribution in [1.29, 1.82) is 0 Å². The van der Waals surface area contributed by atoms with Crippen molar-refractivity contribution in [2.24, 2.45) is 0 Å². The van der Waals surface area contributed by atoms with Crippen LogP contribution < -0.4 is 14.8 Å². The van der Waals surface area contributed by atoms with Crippen LogP contribution in [0.1, 0.15) is 23.1 Å². The van der Waals surface area contributed by atoms with Gasteiger partial charge < -0.3 is 14.8 Å². The van der Waals surface area contributed by atoms with Crippen LogP contribution in [-0.2, 0) is 0 Å². The molecule has 9 nitrogen and oxygen atoms in total. The molecule has 2 aromatic heterocycles. The Labute approximate surface area is 154 Å². The first-order valence-electron chi connectivity index (χ1n) is 8.20. The number of pyridine rings is 1. The van der Waals surface area contributed by atoms with Crippen LogP contribution in [0.15, 0.2) is 36.5 Å². The molecule has 3 rings (SSSR count). The molecule has 1 N–H and O–H groups in total. The van der Waals surface area contributed by atoms with E-state index in [1.807, 2.05) is 6.92 Å². The van der Waals surface area contributed by atoms with Gasteiger partial charge in [-0.25, -0.2) is 4.98 Å². The smallest absolute Gasteiger partial charge is 0.274 e. The highest BCUT2D eigenvalue weighted by molar-refractivity contribution is 6.05. The second-order valence-corrected chi connectivity index (χ2v) is 5.64. The minimum atomic E-state index is -0.539. The van der Waals surface area contributed by atoms with Gasteiger partial charge in [0.2, 0.25) is 0 Å². The predicted octanol–water partition coefficient (Wildman–Crippen LogP) is 3.21. The fourth-order valence-corrected chi connectivity index (χ4v) is 2.79. The molecule has 0 saturated carbocycles. The van der Waals surface area contributed by atoms with Crippen LogP contribution in [0, 0.1) is 17.0 Å². The van der Waals surface area contributed by atoms with Gasteiger partial charge in [-0.2, -0.15) is 0 Å². The lowest BCUT2D eigenvalue weighted by Gasteiger charge is -2.10. The first kappa shape index (κ1) is 18.2. The molecule has 0 fully saturated rings. The van der Waals surface area contributed by atoms with Gasteiger partial charge in [0.1, 0.15) is 11.4 Å². The molecule has 27 heavy (non-hydrogen) atoms. The number of benzene rings is 1. The molecule has 1 amide bonds. The second kappa shape index (κ2) is 7.32. The third-order valence-electron chi connectivity index (χ3n) is 3.95. The van der Waals surface area contributed by atoms with Gasteiger partial charge in [0.25, 0.3) is 11.6 Å². The molecule has 0 aliphatic carbocycles. The number of ether oxygens (including phenoxy) is 2. The fraction of sp³-hybridized carbons (Fsp3) is 0.222. The number of imidazole rings is 1. The summed E-state index contributed by atoms with van der Waals surface area (Å²) in [4.78, 5) is 27.8. The highest BCUT2D eigenvalue weighted by Crippen LogP contribution is 2.30. The van der Waals surface area contributed by atoms with Crippen LogP contribution in [-0.4, -0.2) is 33.9 Å². The number of aromatic nitrogens is 2. The number of anilines is 1. The Morgan fingerprint density at radius 3 is 2.78 bits per heavy atom. The molecule has 0 aliphatic heterocycles. The second-order valence-electron chi connectivity index (χ2n) is 5.64. The molecule has 9 heteroatoms. The van der Waals surface area contributed by atoms with E-state index >= 15 is 0 Å². The van der Waals surface area contributed by atoms with E-state index in [4.69, 9.17) is 9.47 Å². The zero-order valence-corrected chi connectivity index (χ0v) is 15.1. The molecule has 2 heterocycles. The van der Waals surface area contributed by atoms with Crippen molar-refractivity contribution < 1.29 is 19.2 Å². The zero-order chi connectivity index (χ0) is 19.6. The summed E-state index contributed by atoms with van der Waals surface area (Å²) in [6, 6.07) is 7.52. The molecule has 0 aliphatic rings. The van der Waals surface area contributed by atoms with Gasteiger partial charge in [0, 0.05) is 18.3 Å². The van der Waals surface area contributed by atoms with Gasteiger partial charge in [-0.15, -0.1) is 0 Å². The van der Waals surface area contributed by atoms with Crippen molar-refractivity contribution in [1.82, 2.24) is 9.38 Å². The van der Waals surface area contributed by atoms with E-state index in [0.717, 1.165) is 0 Å². The lowest BCUT2D eigenvalue weighted by atomic mass is 10.2. The normalized spacial score (nSPS) is 10.6. The number of carbonyl (C=O) groups excluding carboxylic acids is 1. The van der Waals surface area contributed by atoms with Crippen LogP contribution in [0.25, 0.3) is 5.65 Å². The van der Waals surface area contributed by atoms with Crippen molar-refractivity contribution >= 4 is 22.9 Å². The van der Waals surface area contributed by atoms with Crippen molar-refractivity contribution in [2.75, 3.05) is 19.0 Å². The first-order chi connectivity index (χ1) is 13.0. The summed E-state index contributed by atoms with van der Waals surface area (Å²) in [6.45, 7) is 4.04. The monoisotopic (exact) mass is 370 g/mol. The van der Waals surface area contributed by atoms with Crippen LogP contribution >= 0.6 is 0 Å². The lowest BCUT2D eigenvalue weighted by Crippen LogP contribution is -2.16. The minimum absolute atomic E-state index is 0.153. The summed E-state index contributed by atoms with van der Waals surface area (Å²) in [5.74, 6) is 0.415. The largest absolute Gasteiger partial charge is 0.495 e. The number of methoxy groups -OCH3 is 1. The minimum Gasteiger partial charge on any atom is -0.495 e. The van der Waals surface area contributed by atoms with Gasteiger partial charge in [-0.1, -0.05) is 0 Å². The van der Waals surface area contributed by atoms with E-state index in [-0.39, 0.29) is 11.4 Å². The van der Waals surface area contributed by atoms with Gasteiger partial charge in [0.15, 0.2) is 11.4 Å². The standard InChI is InChI=1S/C18H18N4O5/c1-4-27-15-6-5-9-21-16(11(2)19-17(15)21)18(23)20-13-10-12(22(24)25)7-8-14(13)26-3/h5-10H,4H2,1-3H3,(H,20,23). The van der Waals surface area contributed by atoms with E-state index in [0.29, 0.717) is 35.1 Å². The Balaban J connectivity index is 2.02. The molecule has 0 bridgehead atoms. The van der Waals surface area contributed by atoms with E-state index in [1.54, 1.807) is 29.7 Å². The molecule has 0 saturated heterocycles. The summed E-state index contributed by atoms with van der Waals surface area (Å²) >= 11 is 0. The third-order valence-corrected chi connectivity index (χ3v) is 3.95. The van der Waals surface area contributed by atoms with Gasteiger partial charge in [-0.05, 0) is 32.0 Å². The van der Waals surface area contributed by atoms with Crippen LogP contribution in [0.2, 0.25) is 0 Å². The number of nitrogens with one attached hydrogen (secondary N) is 1. The molecule has 0 spiro atoms. The average molecular weight is 370 g/mol. The number of rotatable bonds is 6. The Morgan fingerprint density at radius 2 is 2.11 bits per heavy atom. The number of hydrogen-bond donors (Lipinski definition) is 1. The molecule has 0 unspecified atom stereocenters. The highest BCUT2D eigenvalue weighted by Gasteiger charge is 2.21. The summed E-state index contributed by atoms with van der Waals surface area (Å²) in [6.07, 6.45) is 1.71. The Bertz CT molecular complexity index is 1030. The summed E-state index contributed by atoms with van der Waals surface area (Å²) < 4.78 is 12.4. The summed E-state index contributed by atoms with van der Waals surface area (Å²) in [7, 11) is 1.42. The maximum Gasteiger partial charge on any atom is 0.274 e. The van der Waals surface area contributed by atoms with Crippen molar-refractivity contribution in [3.8, 4) is 11.5 Å². The first-order valence-corrected chi connectivity index (χ1v) is 8.20. The Hall–Kier alpha value is -3.62. The number of hydrogen-bond acceptors (Lipinski definition) is 6. The predicted molar refractivity (Wildman–Crippen MR) is 98.7 cm³/mol. The van der Waals surface area contributed by atoms with Crippen molar-refractivity contribution in [3.05, 3.63) is 58.0 Å². The SMILES string of the molecule is CCOc1cccn2c(C(=O)Nc3cc([N+](=O)[O-])ccc3OC)c(C)nc12. The highest BCUT2D eigenvalue weighted by atomic mass is 16.6. The quantitative estimate of drug-likeness (QED) is 0.527. The molecule has 140 valence electrons. The van der Waals surface area contributed by atoms with Gasteiger partial charge in [-0.3, -0.25) is 19.3 Å². The summed E-state index contributed by atoms with van der Waals surface area (Å²) in [5, 5.41) is 13.7. The van der Waals surface area contributed by atoms with Crippen molar-refractivity contribution in [2.45, 2.75) is 13.8 Å². The third kappa shape index (κ3) is 3.39. The molecular formula is C18H18N4O5. The number of aryl methyl sites for hydroxylation is 1. The molecule has 3 aromatic rings. The van der Waals surface area contributed by atoms with E-state index < -0.39 is 10.8 Å². The van der Waals surface area contributed by atoms with E-state index in [9.17, 15) is 14.9 Å². The maximum absolute atomic E-state index is 12.9. The molecule has 1 aromatic carbocycles. The summed E-state index contributed by atoms with van der Waals surface area (Å²) in [5.41, 5.74) is 1.38. The number of fused-ring (bicyclic) bond motifs is 1. The number of amides is 1.